The first-order chi connectivity index (χ1) is 12.8. The highest BCUT2D eigenvalue weighted by atomic mass is 32.2. The number of carbonyl (C=O) groups excluding carboxylic acids is 1. The third kappa shape index (κ3) is 6.70. The highest BCUT2D eigenvalue weighted by Gasteiger charge is 2.25. The Hall–Kier alpha value is -2.36. The maximum atomic E-state index is 12.4. The van der Waals surface area contributed by atoms with E-state index >= 15 is 0 Å². The molecular weight excluding hydrogens is 388 g/mol. The number of hydrogen-bond donors (Lipinski definition) is 3. The monoisotopic (exact) mass is 408 g/mol. The van der Waals surface area contributed by atoms with Crippen molar-refractivity contribution in [1.82, 2.24) is 4.72 Å². The van der Waals surface area contributed by atoms with Gasteiger partial charge in [0.2, 0.25) is 15.9 Å². The van der Waals surface area contributed by atoms with Crippen molar-refractivity contribution in [3.63, 3.8) is 0 Å². The van der Waals surface area contributed by atoms with Gasteiger partial charge in [-0.3, -0.25) is 9.59 Å². The maximum absolute atomic E-state index is 12.4. The van der Waals surface area contributed by atoms with Crippen LogP contribution in [0.15, 0.2) is 59.5 Å². The van der Waals surface area contributed by atoms with Crippen LogP contribution in [-0.2, 0) is 25.4 Å². The maximum Gasteiger partial charge on any atom is 0.322 e. The number of carboxylic acids is 1. The molecule has 9 heteroatoms. The van der Waals surface area contributed by atoms with Gasteiger partial charge in [0.1, 0.15) is 6.04 Å². The summed E-state index contributed by atoms with van der Waals surface area (Å²) in [5.41, 5.74) is 1.48. The molecule has 144 valence electrons. The zero-order valence-electron chi connectivity index (χ0n) is 14.6. The molecule has 3 N–H and O–H groups in total. The van der Waals surface area contributed by atoms with E-state index in [9.17, 15) is 23.1 Å². The first-order valence-electron chi connectivity index (χ1n) is 8.02. The van der Waals surface area contributed by atoms with Crippen molar-refractivity contribution in [2.24, 2.45) is 0 Å². The van der Waals surface area contributed by atoms with E-state index in [0.29, 0.717) is 11.4 Å². The Morgan fingerprint density at radius 3 is 2.26 bits per heavy atom. The molecule has 0 bridgehead atoms. The number of anilines is 1. The molecule has 2 aromatic carbocycles. The lowest BCUT2D eigenvalue weighted by atomic mass is 10.2. The fourth-order valence-electron chi connectivity index (χ4n) is 2.20. The molecule has 0 aliphatic heterocycles. The van der Waals surface area contributed by atoms with Gasteiger partial charge >= 0.3 is 5.97 Å². The van der Waals surface area contributed by atoms with Crippen molar-refractivity contribution < 1.29 is 23.1 Å². The largest absolute Gasteiger partial charge is 0.480 e. The Balaban J connectivity index is 2.01. The molecular formula is C18H20N2O5S2. The number of aliphatic carboxylic acids is 1. The number of carbonyl (C=O) groups is 2. The molecule has 0 saturated carbocycles. The summed E-state index contributed by atoms with van der Waals surface area (Å²) in [6.45, 7) is 1.34. The second kappa shape index (κ2) is 9.54. The van der Waals surface area contributed by atoms with E-state index in [1.165, 1.54) is 43.0 Å². The van der Waals surface area contributed by atoms with Crippen LogP contribution in [-0.4, -0.2) is 37.2 Å². The fraction of sp³-hybridized carbons (Fsp3) is 0.222. The topological polar surface area (TPSA) is 113 Å². The molecule has 1 unspecified atom stereocenters. The molecule has 0 heterocycles. The second-order valence-corrected chi connectivity index (χ2v) is 8.46. The standard InChI is InChI=1S/C18H20N2O5S2/c1-13(21)19-15-7-9-16(10-8-15)27(24,25)20-17(18(22)23)12-26-11-14-5-3-2-4-6-14/h2-10,17,20H,11-12H2,1H3,(H,19,21)(H,22,23). The van der Waals surface area contributed by atoms with Crippen LogP contribution in [0, 0.1) is 0 Å². The van der Waals surface area contributed by atoms with E-state index in [0.717, 1.165) is 5.56 Å². The molecule has 0 aromatic heterocycles. The first kappa shape index (κ1) is 20.9. The number of nitrogens with one attached hydrogen (secondary N) is 2. The van der Waals surface area contributed by atoms with Gasteiger partial charge in [0.05, 0.1) is 4.90 Å². The number of thioether (sulfide) groups is 1. The summed E-state index contributed by atoms with van der Waals surface area (Å²) in [5, 5.41) is 11.9. The molecule has 1 amide bonds. The predicted molar refractivity (Wildman–Crippen MR) is 105 cm³/mol. The molecule has 7 nitrogen and oxygen atoms in total. The summed E-state index contributed by atoms with van der Waals surface area (Å²) in [6, 6.07) is 13.8. The number of carboxylic acid groups (broad SMARTS) is 1. The van der Waals surface area contributed by atoms with Crippen LogP contribution < -0.4 is 10.0 Å². The number of benzene rings is 2. The van der Waals surface area contributed by atoms with Crippen LogP contribution in [0.4, 0.5) is 5.69 Å². The van der Waals surface area contributed by atoms with Crippen molar-refractivity contribution >= 4 is 39.3 Å². The zero-order valence-corrected chi connectivity index (χ0v) is 16.2. The summed E-state index contributed by atoms with van der Waals surface area (Å²) >= 11 is 1.33. The van der Waals surface area contributed by atoms with Crippen LogP contribution in [0.3, 0.4) is 0 Å². The van der Waals surface area contributed by atoms with E-state index in [4.69, 9.17) is 0 Å². The molecule has 2 rings (SSSR count). The Labute approximate surface area is 162 Å². The van der Waals surface area contributed by atoms with Crippen LogP contribution in [0.1, 0.15) is 12.5 Å². The van der Waals surface area contributed by atoms with Crippen molar-refractivity contribution in [3.8, 4) is 0 Å². The van der Waals surface area contributed by atoms with Gasteiger partial charge in [-0.2, -0.15) is 16.5 Å². The second-order valence-electron chi connectivity index (χ2n) is 5.72. The predicted octanol–water partition coefficient (Wildman–Crippen LogP) is 2.31. The van der Waals surface area contributed by atoms with E-state index in [-0.39, 0.29) is 16.6 Å². The Bertz CT molecular complexity index is 884. The smallest absolute Gasteiger partial charge is 0.322 e. The summed E-state index contributed by atoms with van der Waals surface area (Å²) in [7, 11) is -4.00. The summed E-state index contributed by atoms with van der Waals surface area (Å²) in [6.07, 6.45) is 0. The van der Waals surface area contributed by atoms with E-state index in [2.05, 4.69) is 10.0 Å². The Kier molecular flexibility index (Phi) is 7.40. The molecule has 0 aliphatic rings. The minimum atomic E-state index is -4.00. The molecule has 0 saturated heterocycles. The number of rotatable bonds is 9. The SMILES string of the molecule is CC(=O)Nc1ccc(S(=O)(=O)NC(CSCc2ccccc2)C(=O)O)cc1. The lowest BCUT2D eigenvalue weighted by Crippen LogP contribution is -2.42. The van der Waals surface area contributed by atoms with Gasteiger partial charge in [-0.1, -0.05) is 30.3 Å². The van der Waals surface area contributed by atoms with Gasteiger partial charge in [-0.15, -0.1) is 0 Å². The minimum Gasteiger partial charge on any atom is -0.480 e. The van der Waals surface area contributed by atoms with Gasteiger partial charge in [0.15, 0.2) is 0 Å². The summed E-state index contributed by atoms with van der Waals surface area (Å²) < 4.78 is 27.1. The average Bonchev–Trinajstić information content (AvgIpc) is 2.61. The molecule has 0 spiro atoms. The molecule has 1 atom stereocenters. The highest BCUT2D eigenvalue weighted by molar-refractivity contribution is 7.98. The van der Waals surface area contributed by atoms with Gasteiger partial charge in [-0.05, 0) is 29.8 Å². The lowest BCUT2D eigenvalue weighted by molar-refractivity contribution is -0.138. The van der Waals surface area contributed by atoms with Crippen molar-refractivity contribution in [2.75, 3.05) is 11.1 Å². The first-order valence-corrected chi connectivity index (χ1v) is 10.7. The van der Waals surface area contributed by atoms with Crippen LogP contribution in [0.5, 0.6) is 0 Å². The van der Waals surface area contributed by atoms with Crippen molar-refractivity contribution in [2.45, 2.75) is 23.6 Å². The van der Waals surface area contributed by atoms with E-state index in [1.807, 2.05) is 30.3 Å². The van der Waals surface area contributed by atoms with Crippen LogP contribution in [0.25, 0.3) is 0 Å². The molecule has 2 aromatic rings. The third-order valence-electron chi connectivity index (χ3n) is 3.48. The average molecular weight is 409 g/mol. The molecule has 0 aliphatic carbocycles. The summed E-state index contributed by atoms with van der Waals surface area (Å²) in [4.78, 5) is 22.4. The number of hydrogen-bond acceptors (Lipinski definition) is 5. The van der Waals surface area contributed by atoms with Crippen LogP contribution in [0.2, 0.25) is 0 Å². The van der Waals surface area contributed by atoms with Crippen molar-refractivity contribution in [1.29, 1.82) is 0 Å². The highest BCUT2D eigenvalue weighted by Crippen LogP contribution is 2.17. The number of sulfonamides is 1. The zero-order chi connectivity index (χ0) is 19.9. The van der Waals surface area contributed by atoms with Gasteiger partial charge in [0.25, 0.3) is 0 Å². The molecule has 27 heavy (non-hydrogen) atoms. The van der Waals surface area contributed by atoms with Gasteiger partial charge < -0.3 is 10.4 Å². The van der Waals surface area contributed by atoms with Crippen LogP contribution >= 0.6 is 11.8 Å². The normalized spacial score (nSPS) is 12.3. The van der Waals surface area contributed by atoms with E-state index < -0.39 is 22.0 Å². The Morgan fingerprint density at radius 1 is 1.07 bits per heavy atom. The third-order valence-corrected chi connectivity index (χ3v) is 6.07. The quantitative estimate of drug-likeness (QED) is 0.587. The van der Waals surface area contributed by atoms with Crippen molar-refractivity contribution in [3.05, 3.63) is 60.2 Å². The van der Waals surface area contributed by atoms with Gasteiger partial charge in [0, 0.05) is 24.1 Å². The summed E-state index contributed by atoms with van der Waals surface area (Å²) in [5.74, 6) is -0.843. The minimum absolute atomic E-state index is 0.0732. The fourth-order valence-corrected chi connectivity index (χ4v) is 4.50. The van der Waals surface area contributed by atoms with Gasteiger partial charge in [-0.25, -0.2) is 8.42 Å². The molecule has 0 fully saturated rings. The molecule has 0 radical (unpaired) electrons. The Morgan fingerprint density at radius 2 is 1.70 bits per heavy atom. The number of amides is 1. The van der Waals surface area contributed by atoms with E-state index in [1.54, 1.807) is 0 Å². The lowest BCUT2D eigenvalue weighted by Gasteiger charge is -2.15.